The summed E-state index contributed by atoms with van der Waals surface area (Å²) in [5.74, 6) is 0.823. The minimum absolute atomic E-state index is 0.174. The largest absolute Gasteiger partial charge is 0.497 e. The van der Waals surface area contributed by atoms with Gasteiger partial charge in [-0.2, -0.15) is 4.31 Å². The molecular formula is C18H20Cl2N2O3S. The monoisotopic (exact) mass is 414 g/mol. The number of hydrogen-bond donors (Lipinski definition) is 0. The predicted molar refractivity (Wildman–Crippen MR) is 103 cm³/mol. The third-order valence-electron chi connectivity index (χ3n) is 4.40. The number of nitrogens with zero attached hydrogens (tertiary/aromatic N) is 2. The zero-order valence-corrected chi connectivity index (χ0v) is 16.7. The fourth-order valence-corrected chi connectivity index (χ4v) is 4.76. The molecule has 0 spiro atoms. The Morgan fingerprint density at radius 2 is 1.73 bits per heavy atom. The first-order chi connectivity index (χ1) is 12.4. The number of halogens is 2. The molecule has 3 rings (SSSR count). The zero-order valence-electron chi connectivity index (χ0n) is 14.4. The molecule has 0 radical (unpaired) electrons. The minimum atomic E-state index is -3.56. The summed E-state index contributed by atoms with van der Waals surface area (Å²) in [5.41, 5.74) is 1.14. The van der Waals surface area contributed by atoms with E-state index >= 15 is 0 Å². The van der Waals surface area contributed by atoms with Crippen molar-refractivity contribution in [3.05, 3.63) is 58.1 Å². The average molecular weight is 415 g/mol. The van der Waals surface area contributed by atoms with Crippen LogP contribution in [0.25, 0.3) is 0 Å². The van der Waals surface area contributed by atoms with E-state index in [1.165, 1.54) is 22.5 Å². The standard InChI is InChI=1S/C18H20Cl2N2O3S/c1-25-15-4-2-3-14(11-15)13-21-7-9-22(10-8-21)26(23,24)16-5-6-17(19)18(20)12-16/h2-6,11-12H,7-10,13H2,1H3. The van der Waals surface area contributed by atoms with Crippen molar-refractivity contribution in [2.45, 2.75) is 11.4 Å². The summed E-state index contributed by atoms with van der Waals surface area (Å²) < 4.78 is 32.3. The first-order valence-corrected chi connectivity index (χ1v) is 10.4. The van der Waals surface area contributed by atoms with Gasteiger partial charge in [0.15, 0.2) is 0 Å². The predicted octanol–water partition coefficient (Wildman–Crippen LogP) is 3.51. The molecule has 26 heavy (non-hydrogen) atoms. The van der Waals surface area contributed by atoms with Crippen molar-refractivity contribution in [1.82, 2.24) is 9.21 Å². The van der Waals surface area contributed by atoms with Gasteiger partial charge in [-0.25, -0.2) is 8.42 Å². The Morgan fingerprint density at radius 3 is 2.38 bits per heavy atom. The lowest BCUT2D eigenvalue weighted by atomic mass is 10.2. The van der Waals surface area contributed by atoms with Gasteiger partial charge in [0, 0.05) is 32.7 Å². The van der Waals surface area contributed by atoms with Crippen molar-refractivity contribution in [2.75, 3.05) is 33.3 Å². The van der Waals surface area contributed by atoms with Crippen LogP contribution in [0, 0.1) is 0 Å². The highest BCUT2D eigenvalue weighted by molar-refractivity contribution is 7.89. The summed E-state index contributed by atoms with van der Waals surface area (Å²) in [7, 11) is -1.92. The van der Waals surface area contributed by atoms with Crippen molar-refractivity contribution >= 4 is 33.2 Å². The van der Waals surface area contributed by atoms with Gasteiger partial charge in [-0.1, -0.05) is 35.3 Å². The molecule has 2 aromatic rings. The molecule has 0 saturated carbocycles. The smallest absolute Gasteiger partial charge is 0.243 e. The summed E-state index contributed by atoms with van der Waals surface area (Å²) in [4.78, 5) is 2.41. The first-order valence-electron chi connectivity index (χ1n) is 8.20. The van der Waals surface area contributed by atoms with Crippen LogP contribution in [0.5, 0.6) is 5.75 Å². The van der Waals surface area contributed by atoms with Gasteiger partial charge >= 0.3 is 0 Å². The number of ether oxygens (including phenoxy) is 1. The van der Waals surface area contributed by atoms with Crippen LogP contribution < -0.4 is 4.74 Å². The molecule has 2 aromatic carbocycles. The molecule has 0 unspecified atom stereocenters. The van der Waals surface area contributed by atoms with Crippen molar-refractivity contribution in [3.63, 3.8) is 0 Å². The van der Waals surface area contributed by atoms with Crippen LogP contribution in [0.15, 0.2) is 47.4 Å². The van der Waals surface area contributed by atoms with Crippen LogP contribution in [0.1, 0.15) is 5.56 Å². The van der Waals surface area contributed by atoms with E-state index in [4.69, 9.17) is 27.9 Å². The summed E-state index contributed by atoms with van der Waals surface area (Å²) in [6.07, 6.45) is 0. The normalized spacial score (nSPS) is 16.6. The lowest BCUT2D eigenvalue weighted by Gasteiger charge is -2.34. The van der Waals surface area contributed by atoms with E-state index in [9.17, 15) is 8.42 Å². The maximum Gasteiger partial charge on any atom is 0.243 e. The van der Waals surface area contributed by atoms with Gasteiger partial charge in [-0.15, -0.1) is 0 Å². The number of piperazine rings is 1. The molecule has 0 aliphatic carbocycles. The fraction of sp³-hybridized carbons (Fsp3) is 0.333. The van der Waals surface area contributed by atoms with E-state index in [1.54, 1.807) is 7.11 Å². The lowest BCUT2D eigenvalue weighted by molar-refractivity contribution is 0.181. The number of hydrogen-bond acceptors (Lipinski definition) is 4. The number of methoxy groups -OCH3 is 1. The van der Waals surface area contributed by atoms with E-state index in [1.807, 2.05) is 24.3 Å². The molecule has 0 amide bonds. The second-order valence-electron chi connectivity index (χ2n) is 6.11. The third kappa shape index (κ3) is 4.32. The average Bonchev–Trinajstić information content (AvgIpc) is 2.64. The third-order valence-corrected chi connectivity index (χ3v) is 7.03. The Morgan fingerprint density at radius 1 is 1.00 bits per heavy atom. The highest BCUT2D eigenvalue weighted by Gasteiger charge is 2.28. The number of benzene rings is 2. The molecule has 0 atom stereocenters. The van der Waals surface area contributed by atoms with Gasteiger partial charge in [0.2, 0.25) is 10.0 Å². The van der Waals surface area contributed by atoms with Crippen LogP contribution in [0.3, 0.4) is 0 Å². The molecule has 8 heteroatoms. The van der Waals surface area contributed by atoms with E-state index in [0.29, 0.717) is 31.2 Å². The van der Waals surface area contributed by atoms with Crippen molar-refractivity contribution in [2.24, 2.45) is 0 Å². The molecule has 1 fully saturated rings. The Balaban J connectivity index is 1.64. The Hall–Kier alpha value is -1.31. The number of rotatable bonds is 5. The highest BCUT2D eigenvalue weighted by Crippen LogP contribution is 2.27. The Kier molecular flexibility index (Phi) is 6.10. The minimum Gasteiger partial charge on any atom is -0.497 e. The summed E-state index contributed by atoms with van der Waals surface area (Å²) in [6, 6.07) is 12.3. The topological polar surface area (TPSA) is 49.9 Å². The van der Waals surface area contributed by atoms with Gasteiger partial charge in [-0.3, -0.25) is 4.90 Å². The molecule has 1 aliphatic rings. The molecular weight excluding hydrogens is 395 g/mol. The Bertz CT molecular complexity index is 882. The number of sulfonamides is 1. The summed E-state index contributed by atoms with van der Waals surface area (Å²) in [6.45, 7) is 2.96. The van der Waals surface area contributed by atoms with Crippen LogP contribution in [-0.4, -0.2) is 50.9 Å². The van der Waals surface area contributed by atoms with Crippen LogP contribution in [-0.2, 0) is 16.6 Å². The lowest BCUT2D eigenvalue weighted by Crippen LogP contribution is -2.48. The van der Waals surface area contributed by atoms with E-state index in [-0.39, 0.29) is 9.92 Å². The van der Waals surface area contributed by atoms with Gasteiger partial charge < -0.3 is 4.74 Å². The van der Waals surface area contributed by atoms with E-state index < -0.39 is 10.0 Å². The van der Waals surface area contributed by atoms with Crippen LogP contribution in [0.4, 0.5) is 0 Å². The van der Waals surface area contributed by atoms with Gasteiger partial charge in [0.05, 0.1) is 22.1 Å². The quantitative estimate of drug-likeness (QED) is 0.750. The van der Waals surface area contributed by atoms with Crippen molar-refractivity contribution in [3.8, 4) is 5.75 Å². The summed E-state index contributed by atoms with van der Waals surface area (Å²) in [5, 5.41) is 0.582. The van der Waals surface area contributed by atoms with Gasteiger partial charge in [-0.05, 0) is 35.9 Å². The molecule has 1 heterocycles. The molecule has 0 N–H and O–H groups in total. The molecule has 1 aliphatic heterocycles. The Labute approximate surface area is 164 Å². The van der Waals surface area contributed by atoms with Crippen molar-refractivity contribution < 1.29 is 13.2 Å². The second kappa shape index (κ2) is 8.15. The maximum absolute atomic E-state index is 12.8. The summed E-state index contributed by atoms with van der Waals surface area (Å²) >= 11 is 11.8. The van der Waals surface area contributed by atoms with E-state index in [0.717, 1.165) is 17.9 Å². The van der Waals surface area contributed by atoms with Gasteiger partial charge in [0.1, 0.15) is 5.75 Å². The zero-order chi connectivity index (χ0) is 18.7. The molecule has 0 bridgehead atoms. The second-order valence-corrected chi connectivity index (χ2v) is 8.86. The molecule has 5 nitrogen and oxygen atoms in total. The van der Waals surface area contributed by atoms with Crippen LogP contribution >= 0.6 is 23.2 Å². The molecule has 1 saturated heterocycles. The van der Waals surface area contributed by atoms with Crippen LogP contribution in [0.2, 0.25) is 10.0 Å². The fourth-order valence-electron chi connectivity index (χ4n) is 2.94. The molecule has 0 aromatic heterocycles. The van der Waals surface area contributed by atoms with E-state index in [2.05, 4.69) is 4.90 Å². The highest BCUT2D eigenvalue weighted by atomic mass is 35.5. The van der Waals surface area contributed by atoms with Gasteiger partial charge in [0.25, 0.3) is 0 Å². The maximum atomic E-state index is 12.8. The van der Waals surface area contributed by atoms with Crippen molar-refractivity contribution in [1.29, 1.82) is 0 Å². The SMILES string of the molecule is COc1cccc(CN2CCN(S(=O)(=O)c3ccc(Cl)c(Cl)c3)CC2)c1. The molecule has 140 valence electrons. The first kappa shape index (κ1) is 19.5.